The Labute approximate surface area is 117 Å². The van der Waals surface area contributed by atoms with Crippen molar-refractivity contribution in [2.45, 2.75) is 19.4 Å². The van der Waals surface area contributed by atoms with Gasteiger partial charge in [-0.25, -0.2) is 4.39 Å². The maximum atomic E-state index is 13.2. The number of halogens is 2. The van der Waals surface area contributed by atoms with Gasteiger partial charge >= 0.3 is 0 Å². The van der Waals surface area contributed by atoms with E-state index >= 15 is 0 Å². The van der Waals surface area contributed by atoms with Crippen LogP contribution in [0.5, 0.6) is 0 Å². The maximum absolute atomic E-state index is 13.2. The van der Waals surface area contributed by atoms with Crippen molar-refractivity contribution in [1.29, 1.82) is 0 Å². The van der Waals surface area contributed by atoms with Gasteiger partial charge in [-0.2, -0.15) is 5.10 Å². The predicted molar refractivity (Wildman–Crippen MR) is 74.8 cm³/mol. The molecule has 1 N–H and O–H groups in total. The van der Waals surface area contributed by atoms with E-state index in [2.05, 4.69) is 17.3 Å². The lowest BCUT2D eigenvalue weighted by Crippen LogP contribution is -2.25. The topological polar surface area (TPSA) is 29.9 Å². The summed E-state index contributed by atoms with van der Waals surface area (Å²) in [4.78, 5) is 0. The van der Waals surface area contributed by atoms with Crippen LogP contribution in [0.3, 0.4) is 0 Å². The van der Waals surface area contributed by atoms with Gasteiger partial charge in [0.1, 0.15) is 5.82 Å². The van der Waals surface area contributed by atoms with Crippen LogP contribution in [0.25, 0.3) is 0 Å². The SMILES string of the molecule is CCCNC(c1ccc(F)cc1Cl)c1ccnn1C. The Morgan fingerprint density at radius 3 is 2.79 bits per heavy atom. The molecule has 1 aromatic heterocycles. The Morgan fingerprint density at radius 2 is 2.21 bits per heavy atom. The van der Waals surface area contributed by atoms with Crippen molar-refractivity contribution in [3.63, 3.8) is 0 Å². The predicted octanol–water partition coefficient (Wildman–Crippen LogP) is 3.30. The van der Waals surface area contributed by atoms with Gasteiger partial charge in [0, 0.05) is 18.3 Å². The summed E-state index contributed by atoms with van der Waals surface area (Å²) in [6, 6.07) is 6.34. The van der Waals surface area contributed by atoms with E-state index in [4.69, 9.17) is 11.6 Å². The van der Waals surface area contributed by atoms with Crippen molar-refractivity contribution in [3.05, 3.63) is 52.6 Å². The van der Waals surface area contributed by atoms with Crippen molar-refractivity contribution < 1.29 is 4.39 Å². The smallest absolute Gasteiger partial charge is 0.124 e. The number of nitrogens with zero attached hydrogens (tertiary/aromatic N) is 2. The molecule has 1 unspecified atom stereocenters. The Bertz CT molecular complexity index is 553. The molecule has 0 aliphatic rings. The summed E-state index contributed by atoms with van der Waals surface area (Å²) in [6.07, 6.45) is 2.75. The van der Waals surface area contributed by atoms with Gasteiger partial charge in [-0.3, -0.25) is 4.68 Å². The second kappa shape index (κ2) is 6.17. The van der Waals surface area contributed by atoms with E-state index in [-0.39, 0.29) is 11.9 Å². The molecule has 1 aromatic carbocycles. The minimum atomic E-state index is -0.326. The van der Waals surface area contributed by atoms with Gasteiger partial charge in [-0.15, -0.1) is 0 Å². The van der Waals surface area contributed by atoms with Gasteiger partial charge in [-0.1, -0.05) is 24.6 Å². The lowest BCUT2D eigenvalue weighted by molar-refractivity contribution is 0.552. The molecule has 0 amide bonds. The molecular weight excluding hydrogens is 265 g/mol. The highest BCUT2D eigenvalue weighted by molar-refractivity contribution is 6.31. The molecule has 2 rings (SSSR count). The van der Waals surface area contributed by atoms with E-state index in [0.29, 0.717) is 5.02 Å². The van der Waals surface area contributed by atoms with Crippen molar-refractivity contribution in [1.82, 2.24) is 15.1 Å². The Hall–Kier alpha value is -1.39. The van der Waals surface area contributed by atoms with Gasteiger partial charge in [-0.05, 0) is 36.7 Å². The average molecular weight is 282 g/mol. The lowest BCUT2D eigenvalue weighted by atomic mass is 10.0. The molecule has 0 fully saturated rings. The first-order valence-electron chi connectivity index (χ1n) is 6.29. The molecule has 1 heterocycles. The fourth-order valence-corrected chi connectivity index (χ4v) is 2.34. The van der Waals surface area contributed by atoms with Crippen LogP contribution in [0.2, 0.25) is 5.02 Å². The minimum Gasteiger partial charge on any atom is -0.305 e. The Balaban J connectivity index is 2.40. The zero-order valence-corrected chi connectivity index (χ0v) is 11.8. The number of hydrogen-bond acceptors (Lipinski definition) is 2. The zero-order chi connectivity index (χ0) is 13.8. The van der Waals surface area contributed by atoms with E-state index in [1.807, 2.05) is 13.1 Å². The molecule has 0 spiro atoms. The zero-order valence-electron chi connectivity index (χ0n) is 11.0. The first-order valence-corrected chi connectivity index (χ1v) is 6.67. The fraction of sp³-hybridized carbons (Fsp3) is 0.357. The van der Waals surface area contributed by atoms with Crippen LogP contribution in [-0.2, 0) is 7.05 Å². The number of aryl methyl sites for hydroxylation is 1. The third kappa shape index (κ3) is 3.14. The largest absolute Gasteiger partial charge is 0.305 e. The summed E-state index contributed by atoms with van der Waals surface area (Å²) in [5, 5.41) is 8.03. The molecule has 0 aliphatic carbocycles. The van der Waals surface area contributed by atoms with Crippen molar-refractivity contribution in [2.24, 2.45) is 7.05 Å². The molecular formula is C14H17ClFN3. The first kappa shape index (κ1) is 14.0. The molecule has 19 heavy (non-hydrogen) atoms. The fourth-order valence-electron chi connectivity index (χ4n) is 2.07. The quantitative estimate of drug-likeness (QED) is 0.911. The third-order valence-electron chi connectivity index (χ3n) is 3.03. The van der Waals surface area contributed by atoms with Crippen molar-refractivity contribution >= 4 is 11.6 Å². The summed E-state index contributed by atoms with van der Waals surface area (Å²) in [6.45, 7) is 2.95. The molecule has 1 atom stereocenters. The number of nitrogens with one attached hydrogen (secondary N) is 1. The van der Waals surface area contributed by atoms with Crippen molar-refractivity contribution in [3.8, 4) is 0 Å². The monoisotopic (exact) mass is 281 g/mol. The van der Waals surface area contributed by atoms with Gasteiger partial charge in [0.05, 0.1) is 11.7 Å². The standard InChI is InChI=1S/C14H17ClFN3/c1-3-7-17-14(13-6-8-18-19(13)2)11-5-4-10(16)9-12(11)15/h4-6,8-9,14,17H,3,7H2,1-2H3. The number of benzene rings is 1. The van der Waals surface area contributed by atoms with Crippen LogP contribution >= 0.6 is 11.6 Å². The Kier molecular flexibility index (Phi) is 4.56. The van der Waals surface area contributed by atoms with Gasteiger partial charge < -0.3 is 5.32 Å². The molecule has 0 saturated heterocycles. The first-order chi connectivity index (χ1) is 9.13. The van der Waals surface area contributed by atoms with Crippen LogP contribution in [0.15, 0.2) is 30.5 Å². The summed E-state index contributed by atoms with van der Waals surface area (Å²) in [5.41, 5.74) is 1.86. The van der Waals surface area contributed by atoms with Crippen LogP contribution < -0.4 is 5.32 Å². The number of rotatable bonds is 5. The second-order valence-corrected chi connectivity index (χ2v) is 4.84. The minimum absolute atomic E-state index is 0.0828. The lowest BCUT2D eigenvalue weighted by Gasteiger charge is -2.20. The van der Waals surface area contributed by atoms with E-state index in [9.17, 15) is 4.39 Å². The van der Waals surface area contributed by atoms with Crippen molar-refractivity contribution in [2.75, 3.05) is 6.54 Å². The van der Waals surface area contributed by atoms with Gasteiger partial charge in [0.25, 0.3) is 0 Å². The molecule has 5 heteroatoms. The highest BCUT2D eigenvalue weighted by Crippen LogP contribution is 2.28. The normalized spacial score (nSPS) is 12.6. The third-order valence-corrected chi connectivity index (χ3v) is 3.35. The van der Waals surface area contributed by atoms with E-state index < -0.39 is 0 Å². The van der Waals surface area contributed by atoms with Crippen LogP contribution in [-0.4, -0.2) is 16.3 Å². The highest BCUT2D eigenvalue weighted by atomic mass is 35.5. The summed E-state index contributed by atoms with van der Waals surface area (Å²) >= 11 is 6.16. The number of aromatic nitrogens is 2. The van der Waals surface area contributed by atoms with Crippen LogP contribution in [0, 0.1) is 5.82 Å². The van der Waals surface area contributed by atoms with E-state index in [1.165, 1.54) is 12.1 Å². The summed E-state index contributed by atoms with van der Waals surface area (Å²) in [7, 11) is 1.88. The van der Waals surface area contributed by atoms with E-state index in [0.717, 1.165) is 24.2 Å². The summed E-state index contributed by atoms with van der Waals surface area (Å²) < 4.78 is 15.0. The molecule has 3 nitrogen and oxygen atoms in total. The van der Waals surface area contributed by atoms with Crippen LogP contribution in [0.4, 0.5) is 4.39 Å². The van der Waals surface area contributed by atoms with Gasteiger partial charge in [0.15, 0.2) is 0 Å². The molecule has 2 aromatic rings. The highest BCUT2D eigenvalue weighted by Gasteiger charge is 2.19. The van der Waals surface area contributed by atoms with E-state index in [1.54, 1.807) is 16.9 Å². The molecule has 0 aliphatic heterocycles. The number of hydrogen-bond donors (Lipinski definition) is 1. The molecule has 0 saturated carbocycles. The average Bonchev–Trinajstić information content (AvgIpc) is 2.78. The molecule has 102 valence electrons. The van der Waals surface area contributed by atoms with Gasteiger partial charge in [0.2, 0.25) is 0 Å². The second-order valence-electron chi connectivity index (χ2n) is 4.43. The van der Waals surface area contributed by atoms with Crippen LogP contribution in [0.1, 0.15) is 30.6 Å². The molecule has 0 bridgehead atoms. The summed E-state index contributed by atoms with van der Waals surface area (Å²) in [5.74, 6) is -0.326. The maximum Gasteiger partial charge on any atom is 0.124 e. The molecule has 0 radical (unpaired) electrons. The Morgan fingerprint density at radius 1 is 1.42 bits per heavy atom.